The number of nitro groups is 1. The zero-order valence-corrected chi connectivity index (χ0v) is 37.2. The van der Waals surface area contributed by atoms with Gasteiger partial charge in [-0.1, -0.05) is 130 Å². The van der Waals surface area contributed by atoms with E-state index in [9.17, 15) is 23.9 Å². The van der Waals surface area contributed by atoms with E-state index in [4.69, 9.17) is 9.47 Å². The summed E-state index contributed by atoms with van der Waals surface area (Å²) >= 11 is 0. The summed E-state index contributed by atoms with van der Waals surface area (Å²) in [5, 5.41) is 11.2. The predicted octanol–water partition coefficient (Wildman–Crippen LogP) is 13.5. The van der Waals surface area contributed by atoms with Crippen molar-refractivity contribution in [2.45, 2.75) is 243 Å². The number of ether oxygens (including phenoxy) is 2. The Bertz CT molecular complexity index is 1080. The summed E-state index contributed by atoms with van der Waals surface area (Å²) < 4.78 is 27.6. The molecule has 324 valence electrons. The van der Waals surface area contributed by atoms with Gasteiger partial charge in [0.05, 0.1) is 9.82 Å². The molecular formula is C46H82N2O7S. The summed E-state index contributed by atoms with van der Waals surface area (Å²) in [4.78, 5) is 37.5. The van der Waals surface area contributed by atoms with Gasteiger partial charge in [-0.05, 0) is 89.2 Å². The van der Waals surface area contributed by atoms with Crippen molar-refractivity contribution in [3.05, 3.63) is 34.4 Å². The Morgan fingerprint density at radius 1 is 0.571 bits per heavy atom. The Morgan fingerprint density at radius 3 is 1.23 bits per heavy atom. The molecule has 0 aliphatic carbocycles. The zero-order valence-electron chi connectivity index (χ0n) is 36.4. The normalized spacial score (nSPS) is 12.2. The minimum Gasteiger partial charge on any atom is -0.462 e. The fourth-order valence-electron chi connectivity index (χ4n) is 7.37. The van der Waals surface area contributed by atoms with E-state index < -0.39 is 15.9 Å². The lowest BCUT2D eigenvalue weighted by molar-refractivity contribution is -0.384. The fraction of sp³-hybridized carbons (Fsp3) is 0.826. The van der Waals surface area contributed by atoms with Crippen LogP contribution >= 0.6 is 0 Å². The van der Waals surface area contributed by atoms with Crippen LogP contribution in [0.15, 0.2) is 29.2 Å². The molecule has 0 N–H and O–H groups in total. The smallest absolute Gasteiger partial charge is 0.306 e. The van der Waals surface area contributed by atoms with Gasteiger partial charge in [0.15, 0.2) is 0 Å². The van der Waals surface area contributed by atoms with E-state index in [0.29, 0.717) is 30.6 Å². The van der Waals surface area contributed by atoms with Crippen LogP contribution in [0.3, 0.4) is 0 Å². The van der Waals surface area contributed by atoms with Crippen molar-refractivity contribution in [3.63, 3.8) is 0 Å². The molecule has 0 aliphatic rings. The first-order valence-electron chi connectivity index (χ1n) is 22.9. The van der Waals surface area contributed by atoms with Crippen molar-refractivity contribution in [1.29, 1.82) is 0 Å². The number of hydrogen-bond donors (Lipinski definition) is 0. The third kappa shape index (κ3) is 25.8. The third-order valence-corrected chi connectivity index (χ3v) is 12.5. The van der Waals surface area contributed by atoms with Gasteiger partial charge >= 0.3 is 11.9 Å². The maximum Gasteiger partial charge on any atom is 0.306 e. The number of nitrogens with zero attached hydrogens (tertiary/aromatic N) is 2. The molecule has 1 atom stereocenters. The number of rotatable bonds is 38. The van der Waals surface area contributed by atoms with Crippen molar-refractivity contribution in [3.8, 4) is 0 Å². The molecule has 56 heavy (non-hydrogen) atoms. The van der Waals surface area contributed by atoms with Crippen LogP contribution in [0, 0.1) is 10.1 Å². The second-order valence-electron chi connectivity index (χ2n) is 16.0. The summed E-state index contributed by atoms with van der Waals surface area (Å²) in [6.45, 7) is 8.87. The minimum absolute atomic E-state index is 0.0404. The van der Waals surface area contributed by atoms with E-state index in [2.05, 4.69) is 27.7 Å². The molecule has 10 heteroatoms. The number of benzene rings is 1. The highest BCUT2D eigenvalue weighted by atomic mass is 32.2. The predicted molar refractivity (Wildman–Crippen MR) is 232 cm³/mol. The van der Waals surface area contributed by atoms with E-state index in [1.165, 1.54) is 127 Å². The molecule has 0 radical (unpaired) electrons. The Labute approximate surface area is 345 Å². The Hall–Kier alpha value is -2.33. The number of hydrogen-bond acceptors (Lipinski definition) is 7. The van der Waals surface area contributed by atoms with Gasteiger partial charge in [-0.25, -0.2) is 8.51 Å². The molecule has 0 aromatic heterocycles. The average molecular weight is 807 g/mol. The Morgan fingerprint density at radius 2 is 0.911 bits per heavy atom. The molecule has 0 amide bonds. The largest absolute Gasteiger partial charge is 0.462 e. The van der Waals surface area contributed by atoms with Gasteiger partial charge in [0.25, 0.3) is 5.69 Å². The molecule has 0 saturated carbocycles. The van der Waals surface area contributed by atoms with Gasteiger partial charge in [-0.15, -0.1) is 0 Å². The van der Waals surface area contributed by atoms with Crippen molar-refractivity contribution in [1.82, 2.24) is 4.31 Å². The van der Waals surface area contributed by atoms with Crippen LogP contribution in [0.2, 0.25) is 0 Å². The second-order valence-corrected chi connectivity index (χ2v) is 17.6. The Balaban J connectivity index is 2.89. The highest BCUT2D eigenvalue weighted by Crippen LogP contribution is 2.24. The van der Waals surface area contributed by atoms with Crippen molar-refractivity contribution < 1.29 is 28.2 Å². The SMILES string of the molecule is CCCCCCCC(CCCCCCC)OC(=O)CCCC(CCCC(=O)OC(CCCCCCC)CCCCCCC)N(C)S(=O)c1ccc([N+](=O)[O-])cc1. The lowest BCUT2D eigenvalue weighted by atomic mass is 10.0. The summed E-state index contributed by atoms with van der Waals surface area (Å²) in [6, 6.07) is 5.64. The maximum atomic E-state index is 13.7. The van der Waals surface area contributed by atoms with Gasteiger partial charge in [0.2, 0.25) is 0 Å². The van der Waals surface area contributed by atoms with Crippen molar-refractivity contribution in [2.24, 2.45) is 0 Å². The average Bonchev–Trinajstić information content (AvgIpc) is 3.19. The molecule has 0 bridgehead atoms. The summed E-state index contributed by atoms with van der Waals surface area (Å²) in [5.41, 5.74) is -0.0533. The van der Waals surface area contributed by atoms with Crippen LogP contribution in [-0.2, 0) is 30.0 Å². The van der Waals surface area contributed by atoms with E-state index in [1.54, 1.807) is 11.4 Å². The van der Waals surface area contributed by atoms with Crippen LogP contribution in [0.5, 0.6) is 0 Å². The molecular weight excluding hydrogens is 725 g/mol. The third-order valence-electron chi connectivity index (χ3n) is 11.0. The van der Waals surface area contributed by atoms with E-state index in [0.717, 1.165) is 51.4 Å². The number of carbonyl (C=O) groups excluding carboxylic acids is 2. The molecule has 1 aromatic rings. The van der Waals surface area contributed by atoms with Crippen LogP contribution in [0.1, 0.15) is 220 Å². The second kappa shape index (κ2) is 34.7. The summed E-state index contributed by atoms with van der Waals surface area (Å²) in [6.07, 6.45) is 30.2. The number of carbonyl (C=O) groups is 2. The molecule has 1 aromatic carbocycles. The zero-order chi connectivity index (χ0) is 41.2. The number of esters is 2. The number of unbranched alkanes of at least 4 members (excludes halogenated alkanes) is 16. The number of non-ortho nitro benzene ring substituents is 1. The molecule has 1 rings (SSSR count). The van der Waals surface area contributed by atoms with Crippen molar-refractivity contribution in [2.75, 3.05) is 7.05 Å². The fourth-order valence-corrected chi connectivity index (χ4v) is 8.56. The van der Waals surface area contributed by atoms with Crippen LogP contribution in [-0.4, -0.2) is 50.7 Å². The van der Waals surface area contributed by atoms with Gasteiger partial charge in [-0.3, -0.25) is 19.7 Å². The first-order valence-corrected chi connectivity index (χ1v) is 24.0. The highest BCUT2D eigenvalue weighted by Gasteiger charge is 2.24. The van der Waals surface area contributed by atoms with E-state index >= 15 is 0 Å². The monoisotopic (exact) mass is 807 g/mol. The Kier molecular flexibility index (Phi) is 32.0. The summed E-state index contributed by atoms with van der Waals surface area (Å²) in [5.74, 6) is -0.344. The molecule has 0 saturated heterocycles. The minimum atomic E-state index is -1.57. The quantitative estimate of drug-likeness (QED) is 0.0283. The molecule has 0 spiro atoms. The van der Waals surface area contributed by atoms with Crippen LogP contribution in [0.4, 0.5) is 5.69 Å². The van der Waals surface area contributed by atoms with Crippen LogP contribution < -0.4 is 0 Å². The molecule has 0 aliphatic heterocycles. The maximum absolute atomic E-state index is 13.7. The lowest BCUT2D eigenvalue weighted by Gasteiger charge is -2.27. The summed E-state index contributed by atoms with van der Waals surface area (Å²) in [7, 11) is 0.217. The highest BCUT2D eigenvalue weighted by molar-refractivity contribution is 7.82. The lowest BCUT2D eigenvalue weighted by Crippen LogP contribution is -2.34. The molecule has 1 unspecified atom stereocenters. The van der Waals surface area contributed by atoms with Gasteiger partial charge in [0, 0.05) is 38.1 Å². The first kappa shape index (κ1) is 51.7. The number of nitro benzene ring substituents is 1. The van der Waals surface area contributed by atoms with Crippen LogP contribution in [0.25, 0.3) is 0 Å². The first-order chi connectivity index (χ1) is 27.2. The van der Waals surface area contributed by atoms with E-state index in [-0.39, 0.29) is 48.7 Å². The molecule has 0 fully saturated rings. The van der Waals surface area contributed by atoms with Crippen molar-refractivity contribution >= 4 is 28.6 Å². The van der Waals surface area contributed by atoms with Gasteiger partial charge in [-0.2, -0.15) is 0 Å². The standard InChI is InChI=1S/C46H82N2O7S/c1-6-10-14-18-22-30-42(31-23-19-15-11-7-2)54-45(49)34-26-28-40(47(5)56(53)44-38-36-41(37-39-44)48(51)52)29-27-35-46(50)55-43(32-24-20-16-12-8-3)33-25-21-17-13-9-4/h36-40,42-43H,6-35H2,1-5H3. The topological polar surface area (TPSA) is 116 Å². The van der Waals surface area contributed by atoms with E-state index in [1.807, 2.05) is 0 Å². The van der Waals surface area contributed by atoms with Gasteiger partial charge < -0.3 is 9.47 Å². The van der Waals surface area contributed by atoms with Gasteiger partial charge in [0.1, 0.15) is 23.2 Å². The molecule has 9 nitrogen and oxygen atoms in total. The molecule has 0 heterocycles.